The molecule has 3 rings (SSSR count). The number of anilines is 1. The standard InChI is InChI=1S/C20H22N6O/c1-15-13-18(19(27)26(2)12-7-16-3-8-21-9-4-16)25-20(24-15)23-14-17-5-10-22-11-6-17/h3-6,8-11,13H,7,12,14H2,1-2H3,(H,23,24,25). The molecule has 138 valence electrons. The summed E-state index contributed by atoms with van der Waals surface area (Å²) < 4.78 is 0. The molecule has 1 amide bonds. The fourth-order valence-corrected chi connectivity index (χ4v) is 2.58. The number of likely N-dealkylation sites (N-methyl/N-ethyl adjacent to an activating group) is 1. The molecule has 27 heavy (non-hydrogen) atoms. The Hall–Kier alpha value is -3.35. The van der Waals surface area contributed by atoms with Gasteiger partial charge in [-0.25, -0.2) is 9.97 Å². The maximum atomic E-state index is 12.7. The number of hydrogen-bond acceptors (Lipinski definition) is 6. The minimum atomic E-state index is -0.124. The Labute approximate surface area is 158 Å². The third kappa shape index (κ3) is 5.31. The second-order valence-corrected chi connectivity index (χ2v) is 6.26. The average molecular weight is 362 g/mol. The lowest BCUT2D eigenvalue weighted by atomic mass is 10.2. The van der Waals surface area contributed by atoms with Crippen molar-refractivity contribution in [2.45, 2.75) is 19.9 Å². The van der Waals surface area contributed by atoms with Crippen molar-refractivity contribution in [1.29, 1.82) is 0 Å². The van der Waals surface area contributed by atoms with E-state index in [1.165, 1.54) is 0 Å². The van der Waals surface area contributed by atoms with Crippen molar-refractivity contribution in [2.75, 3.05) is 18.9 Å². The van der Waals surface area contributed by atoms with Crippen LogP contribution in [-0.4, -0.2) is 44.3 Å². The SMILES string of the molecule is Cc1cc(C(=O)N(C)CCc2ccncc2)nc(NCc2ccncc2)n1. The van der Waals surface area contributed by atoms with Gasteiger partial charge in [-0.1, -0.05) is 0 Å². The van der Waals surface area contributed by atoms with Crippen LogP contribution in [0.5, 0.6) is 0 Å². The van der Waals surface area contributed by atoms with E-state index in [4.69, 9.17) is 0 Å². The molecule has 0 radical (unpaired) electrons. The van der Waals surface area contributed by atoms with Crippen LogP contribution in [0.1, 0.15) is 27.3 Å². The molecule has 3 aromatic rings. The van der Waals surface area contributed by atoms with Gasteiger partial charge in [0, 0.05) is 50.6 Å². The number of nitrogens with zero attached hydrogens (tertiary/aromatic N) is 5. The summed E-state index contributed by atoms with van der Waals surface area (Å²) in [5.74, 6) is 0.319. The molecule has 3 aromatic heterocycles. The summed E-state index contributed by atoms with van der Waals surface area (Å²) in [6.45, 7) is 3.02. The number of nitrogens with one attached hydrogen (secondary N) is 1. The van der Waals surface area contributed by atoms with Gasteiger partial charge >= 0.3 is 0 Å². The zero-order chi connectivity index (χ0) is 19.1. The second kappa shape index (κ2) is 8.84. The van der Waals surface area contributed by atoms with E-state index in [1.807, 2.05) is 31.2 Å². The van der Waals surface area contributed by atoms with Crippen LogP contribution in [-0.2, 0) is 13.0 Å². The minimum absolute atomic E-state index is 0.124. The van der Waals surface area contributed by atoms with Crippen molar-refractivity contribution >= 4 is 11.9 Å². The average Bonchev–Trinajstić information content (AvgIpc) is 2.71. The highest BCUT2D eigenvalue weighted by Crippen LogP contribution is 2.10. The van der Waals surface area contributed by atoms with Crippen LogP contribution in [0, 0.1) is 6.92 Å². The summed E-state index contributed by atoms with van der Waals surface area (Å²) in [7, 11) is 1.78. The van der Waals surface area contributed by atoms with Gasteiger partial charge in [0.15, 0.2) is 0 Å². The van der Waals surface area contributed by atoms with Gasteiger partial charge in [-0.15, -0.1) is 0 Å². The van der Waals surface area contributed by atoms with Gasteiger partial charge in [-0.05, 0) is 54.8 Å². The van der Waals surface area contributed by atoms with Gasteiger partial charge in [0.05, 0.1) is 0 Å². The fraction of sp³-hybridized carbons (Fsp3) is 0.250. The van der Waals surface area contributed by atoms with Crippen molar-refractivity contribution in [3.05, 3.63) is 77.6 Å². The molecule has 0 aliphatic rings. The highest BCUT2D eigenvalue weighted by molar-refractivity contribution is 5.92. The quantitative estimate of drug-likeness (QED) is 0.695. The van der Waals surface area contributed by atoms with Crippen LogP contribution in [0.3, 0.4) is 0 Å². The number of aromatic nitrogens is 4. The van der Waals surface area contributed by atoms with E-state index in [0.717, 1.165) is 23.2 Å². The van der Waals surface area contributed by atoms with Gasteiger partial charge < -0.3 is 10.2 Å². The van der Waals surface area contributed by atoms with E-state index in [9.17, 15) is 4.79 Å². The Morgan fingerprint density at radius 2 is 1.63 bits per heavy atom. The van der Waals surface area contributed by atoms with Crippen molar-refractivity contribution in [2.24, 2.45) is 0 Å². The normalized spacial score (nSPS) is 10.4. The largest absolute Gasteiger partial charge is 0.350 e. The third-order valence-corrected chi connectivity index (χ3v) is 4.11. The molecule has 7 nitrogen and oxygen atoms in total. The van der Waals surface area contributed by atoms with E-state index in [1.54, 1.807) is 42.8 Å². The molecule has 0 spiro atoms. The molecule has 0 atom stereocenters. The molecule has 0 aromatic carbocycles. The van der Waals surface area contributed by atoms with Gasteiger partial charge in [0.1, 0.15) is 5.69 Å². The van der Waals surface area contributed by atoms with Crippen LogP contribution in [0.4, 0.5) is 5.95 Å². The van der Waals surface area contributed by atoms with E-state index >= 15 is 0 Å². The van der Waals surface area contributed by atoms with Crippen molar-refractivity contribution in [3.8, 4) is 0 Å². The summed E-state index contributed by atoms with van der Waals surface area (Å²) in [5.41, 5.74) is 3.34. The van der Waals surface area contributed by atoms with Gasteiger partial charge in [0.25, 0.3) is 5.91 Å². The second-order valence-electron chi connectivity index (χ2n) is 6.26. The Morgan fingerprint density at radius 1 is 1.00 bits per heavy atom. The number of carbonyl (C=O) groups excluding carboxylic acids is 1. The van der Waals surface area contributed by atoms with Gasteiger partial charge in [-0.2, -0.15) is 0 Å². The van der Waals surface area contributed by atoms with Crippen LogP contribution >= 0.6 is 0 Å². The first-order valence-electron chi connectivity index (χ1n) is 8.74. The molecular formula is C20H22N6O. The van der Waals surface area contributed by atoms with Crippen molar-refractivity contribution in [3.63, 3.8) is 0 Å². The molecule has 0 aliphatic heterocycles. The summed E-state index contributed by atoms with van der Waals surface area (Å²) in [5, 5.41) is 3.17. The Balaban J connectivity index is 1.64. The van der Waals surface area contributed by atoms with E-state index in [0.29, 0.717) is 24.7 Å². The lowest BCUT2D eigenvalue weighted by Crippen LogP contribution is -2.30. The number of aryl methyl sites for hydroxylation is 1. The molecule has 0 unspecified atom stereocenters. The summed E-state index contributed by atoms with van der Waals surface area (Å²) in [4.78, 5) is 31.2. The monoisotopic (exact) mass is 362 g/mol. The molecule has 0 fully saturated rings. The summed E-state index contributed by atoms with van der Waals surface area (Å²) in [6, 6.07) is 9.45. The zero-order valence-corrected chi connectivity index (χ0v) is 15.5. The van der Waals surface area contributed by atoms with Crippen LogP contribution in [0.15, 0.2) is 55.1 Å². The number of amides is 1. The molecule has 0 saturated carbocycles. The first kappa shape index (κ1) is 18.4. The number of pyridine rings is 2. The fourth-order valence-electron chi connectivity index (χ4n) is 2.58. The van der Waals surface area contributed by atoms with Gasteiger partial charge in [-0.3, -0.25) is 14.8 Å². The molecule has 3 heterocycles. The molecule has 1 N–H and O–H groups in total. The Kier molecular flexibility index (Phi) is 6.04. The predicted molar refractivity (Wildman–Crippen MR) is 103 cm³/mol. The highest BCUT2D eigenvalue weighted by atomic mass is 16.2. The maximum Gasteiger partial charge on any atom is 0.272 e. The van der Waals surface area contributed by atoms with Crippen molar-refractivity contribution in [1.82, 2.24) is 24.8 Å². The topological polar surface area (TPSA) is 83.9 Å². The molecule has 0 saturated heterocycles. The first-order valence-corrected chi connectivity index (χ1v) is 8.74. The number of hydrogen-bond donors (Lipinski definition) is 1. The third-order valence-electron chi connectivity index (χ3n) is 4.11. The van der Waals surface area contributed by atoms with Crippen molar-refractivity contribution < 1.29 is 4.79 Å². The smallest absolute Gasteiger partial charge is 0.272 e. The summed E-state index contributed by atoms with van der Waals surface area (Å²) in [6.07, 6.45) is 7.75. The van der Waals surface area contributed by atoms with E-state index in [-0.39, 0.29) is 5.91 Å². The van der Waals surface area contributed by atoms with Gasteiger partial charge in [0.2, 0.25) is 5.95 Å². The maximum absolute atomic E-state index is 12.7. The number of rotatable bonds is 7. The number of carbonyl (C=O) groups is 1. The lowest BCUT2D eigenvalue weighted by Gasteiger charge is -2.17. The molecule has 0 bridgehead atoms. The molecule has 7 heteroatoms. The zero-order valence-electron chi connectivity index (χ0n) is 15.5. The molecule has 0 aliphatic carbocycles. The van der Waals surface area contributed by atoms with Crippen LogP contribution in [0.2, 0.25) is 0 Å². The minimum Gasteiger partial charge on any atom is -0.350 e. The predicted octanol–water partition coefficient (Wildman–Crippen LogP) is 2.50. The lowest BCUT2D eigenvalue weighted by molar-refractivity contribution is 0.0790. The Bertz CT molecular complexity index is 885. The van der Waals surface area contributed by atoms with E-state index < -0.39 is 0 Å². The van der Waals surface area contributed by atoms with E-state index in [2.05, 4.69) is 25.3 Å². The van der Waals surface area contributed by atoms with Crippen LogP contribution in [0.25, 0.3) is 0 Å². The summed E-state index contributed by atoms with van der Waals surface area (Å²) >= 11 is 0. The highest BCUT2D eigenvalue weighted by Gasteiger charge is 2.15. The first-order chi connectivity index (χ1) is 13.1. The van der Waals surface area contributed by atoms with Crippen LogP contribution < -0.4 is 5.32 Å². The molecular weight excluding hydrogens is 340 g/mol. The Morgan fingerprint density at radius 3 is 2.30 bits per heavy atom.